The summed E-state index contributed by atoms with van der Waals surface area (Å²) in [5.74, 6) is -0.980. The molecule has 5 nitrogen and oxygen atoms in total. The Morgan fingerprint density at radius 3 is 2.72 bits per heavy atom. The van der Waals surface area contributed by atoms with Crippen LogP contribution in [0.2, 0.25) is 0 Å². The number of aliphatic imine (C=N–C) groups is 1. The van der Waals surface area contributed by atoms with Crippen LogP contribution in [0, 0.1) is 17.6 Å². The average Bonchev–Trinajstić information content (AvgIpc) is 2.62. The molecule has 0 spiro atoms. The van der Waals surface area contributed by atoms with Gasteiger partial charge in [0, 0.05) is 13.1 Å². The molecule has 1 aromatic carbocycles. The summed E-state index contributed by atoms with van der Waals surface area (Å²) in [6.45, 7) is 0.189. The Hall–Kier alpha value is -2.18. The fraction of sp³-hybridized carbons (Fsp3) is 0.556. The van der Waals surface area contributed by atoms with Gasteiger partial charge in [-0.2, -0.15) is 0 Å². The second kappa shape index (κ2) is 9.34. The zero-order valence-electron chi connectivity index (χ0n) is 14.5. The van der Waals surface area contributed by atoms with Gasteiger partial charge in [-0.25, -0.2) is 13.8 Å². The molecule has 1 unspecified atom stereocenters. The number of halogens is 2. The zero-order valence-corrected chi connectivity index (χ0v) is 14.5. The summed E-state index contributed by atoms with van der Waals surface area (Å²) < 4.78 is 31.9. The van der Waals surface area contributed by atoms with E-state index in [4.69, 9.17) is 10.5 Å². The van der Waals surface area contributed by atoms with Gasteiger partial charge in [-0.15, -0.1) is 0 Å². The minimum atomic E-state index is -0.954. The zero-order chi connectivity index (χ0) is 18.2. The molecule has 0 saturated heterocycles. The maximum absolute atomic E-state index is 13.3. The van der Waals surface area contributed by atoms with Crippen LogP contribution in [0.5, 0.6) is 5.75 Å². The first-order chi connectivity index (χ1) is 12.0. The SMILES string of the molecule is CN(C=O)C(N)=NC(COc1ccc(F)c(F)c1)CC1CCCCC1. The summed E-state index contributed by atoms with van der Waals surface area (Å²) in [6, 6.07) is 3.16. The number of nitrogens with zero attached hydrogens (tertiary/aromatic N) is 2. The van der Waals surface area contributed by atoms with E-state index in [9.17, 15) is 13.6 Å². The summed E-state index contributed by atoms with van der Waals surface area (Å²) >= 11 is 0. The first-order valence-electron chi connectivity index (χ1n) is 8.59. The number of nitrogens with two attached hydrogens (primary N) is 1. The monoisotopic (exact) mass is 353 g/mol. The Morgan fingerprint density at radius 2 is 2.08 bits per heavy atom. The molecule has 138 valence electrons. The highest BCUT2D eigenvalue weighted by Gasteiger charge is 2.20. The maximum Gasteiger partial charge on any atom is 0.216 e. The topological polar surface area (TPSA) is 67.9 Å². The van der Waals surface area contributed by atoms with E-state index >= 15 is 0 Å². The lowest BCUT2D eigenvalue weighted by Crippen LogP contribution is -2.35. The van der Waals surface area contributed by atoms with Gasteiger partial charge < -0.3 is 10.5 Å². The summed E-state index contributed by atoms with van der Waals surface area (Å²) in [7, 11) is 1.53. The summed E-state index contributed by atoms with van der Waals surface area (Å²) in [6.07, 6.45) is 7.32. The van der Waals surface area contributed by atoms with Crippen molar-refractivity contribution in [3.05, 3.63) is 29.8 Å². The summed E-state index contributed by atoms with van der Waals surface area (Å²) in [4.78, 5) is 16.4. The molecule has 7 heteroatoms. The fourth-order valence-electron chi connectivity index (χ4n) is 3.06. The third-order valence-corrected chi connectivity index (χ3v) is 4.50. The van der Waals surface area contributed by atoms with Crippen LogP contribution in [0.1, 0.15) is 38.5 Å². The van der Waals surface area contributed by atoms with Crippen molar-refractivity contribution in [2.24, 2.45) is 16.6 Å². The lowest BCUT2D eigenvalue weighted by Gasteiger charge is -2.25. The highest BCUT2D eigenvalue weighted by atomic mass is 19.2. The van der Waals surface area contributed by atoms with Crippen molar-refractivity contribution in [1.82, 2.24) is 4.90 Å². The Labute approximate surface area is 146 Å². The third-order valence-electron chi connectivity index (χ3n) is 4.50. The molecule has 0 bridgehead atoms. The number of guanidine groups is 1. The molecular weight excluding hydrogens is 328 g/mol. The van der Waals surface area contributed by atoms with Crippen LogP contribution < -0.4 is 10.5 Å². The predicted octanol–water partition coefficient (Wildman–Crippen LogP) is 3.09. The van der Waals surface area contributed by atoms with Crippen molar-refractivity contribution in [2.45, 2.75) is 44.6 Å². The van der Waals surface area contributed by atoms with Crippen LogP contribution >= 0.6 is 0 Å². The smallest absolute Gasteiger partial charge is 0.216 e. The molecule has 1 atom stereocenters. The number of hydrogen-bond acceptors (Lipinski definition) is 3. The lowest BCUT2D eigenvalue weighted by atomic mass is 9.85. The third kappa shape index (κ3) is 5.99. The molecule has 1 aromatic rings. The molecule has 1 aliphatic carbocycles. The van der Waals surface area contributed by atoms with E-state index in [1.165, 1.54) is 37.3 Å². The molecule has 1 aliphatic rings. The molecule has 0 aliphatic heterocycles. The second-order valence-electron chi connectivity index (χ2n) is 6.48. The first kappa shape index (κ1) is 19.1. The fourth-order valence-corrected chi connectivity index (χ4v) is 3.06. The number of ether oxygens (including phenoxy) is 1. The van der Waals surface area contributed by atoms with Crippen LogP contribution in [0.4, 0.5) is 8.78 Å². The second-order valence-corrected chi connectivity index (χ2v) is 6.48. The Morgan fingerprint density at radius 1 is 1.36 bits per heavy atom. The van der Waals surface area contributed by atoms with Crippen molar-refractivity contribution in [3.8, 4) is 5.75 Å². The lowest BCUT2D eigenvalue weighted by molar-refractivity contribution is -0.114. The van der Waals surface area contributed by atoms with Gasteiger partial charge in [-0.1, -0.05) is 32.1 Å². The van der Waals surface area contributed by atoms with Crippen molar-refractivity contribution in [2.75, 3.05) is 13.7 Å². The number of benzene rings is 1. The number of carbonyl (C=O) groups excluding carboxylic acids is 1. The van der Waals surface area contributed by atoms with Gasteiger partial charge in [0.1, 0.15) is 12.4 Å². The quantitative estimate of drug-likeness (QED) is 0.465. The van der Waals surface area contributed by atoms with Crippen molar-refractivity contribution in [3.63, 3.8) is 0 Å². The number of rotatable bonds is 7. The van der Waals surface area contributed by atoms with Gasteiger partial charge in [0.05, 0.1) is 6.04 Å². The van der Waals surface area contributed by atoms with Gasteiger partial charge in [-0.05, 0) is 24.5 Å². The largest absolute Gasteiger partial charge is 0.491 e. The molecule has 0 aromatic heterocycles. The van der Waals surface area contributed by atoms with Crippen LogP contribution in [-0.4, -0.2) is 37.0 Å². The van der Waals surface area contributed by atoms with Crippen molar-refractivity contribution >= 4 is 12.4 Å². The van der Waals surface area contributed by atoms with Crippen molar-refractivity contribution in [1.29, 1.82) is 0 Å². The molecule has 0 heterocycles. The van der Waals surface area contributed by atoms with Crippen LogP contribution in [0.25, 0.3) is 0 Å². The number of amides is 1. The molecule has 25 heavy (non-hydrogen) atoms. The van der Waals surface area contributed by atoms with E-state index in [-0.39, 0.29) is 24.4 Å². The van der Waals surface area contributed by atoms with E-state index in [0.717, 1.165) is 31.4 Å². The average molecular weight is 353 g/mol. The summed E-state index contributed by atoms with van der Waals surface area (Å²) in [5, 5.41) is 0. The van der Waals surface area contributed by atoms with Gasteiger partial charge in [-0.3, -0.25) is 9.69 Å². The molecular formula is C18H25F2N3O2. The highest BCUT2D eigenvalue weighted by Crippen LogP contribution is 2.28. The van der Waals surface area contributed by atoms with E-state index in [1.54, 1.807) is 0 Å². The molecule has 1 saturated carbocycles. The number of carbonyl (C=O) groups is 1. The first-order valence-corrected chi connectivity index (χ1v) is 8.59. The van der Waals surface area contributed by atoms with Crippen molar-refractivity contribution < 1.29 is 18.3 Å². The standard InChI is InChI=1S/C18H25F2N3O2/c1-23(12-24)18(21)22-14(9-13-5-3-2-4-6-13)11-25-15-7-8-16(19)17(20)10-15/h7-8,10,12-14H,2-6,9,11H2,1H3,(H2,21,22). The normalized spacial score (nSPS) is 17.2. The Kier molecular flexibility index (Phi) is 7.16. The van der Waals surface area contributed by atoms with Gasteiger partial charge in [0.25, 0.3) is 0 Å². The van der Waals surface area contributed by atoms with Crippen LogP contribution in [-0.2, 0) is 4.79 Å². The van der Waals surface area contributed by atoms with Gasteiger partial charge in [0.15, 0.2) is 17.6 Å². The Balaban J connectivity index is 2.03. The van der Waals surface area contributed by atoms with E-state index < -0.39 is 11.6 Å². The minimum absolute atomic E-state index is 0.115. The molecule has 2 rings (SSSR count). The number of hydrogen-bond donors (Lipinski definition) is 1. The van der Waals surface area contributed by atoms with E-state index in [1.807, 2.05) is 0 Å². The highest BCUT2D eigenvalue weighted by molar-refractivity contribution is 5.87. The maximum atomic E-state index is 13.3. The van der Waals surface area contributed by atoms with Crippen LogP contribution in [0.3, 0.4) is 0 Å². The summed E-state index contributed by atoms with van der Waals surface area (Å²) in [5.41, 5.74) is 5.83. The minimum Gasteiger partial charge on any atom is -0.491 e. The molecule has 1 fully saturated rings. The predicted molar refractivity (Wildman–Crippen MR) is 92.3 cm³/mol. The van der Waals surface area contributed by atoms with Gasteiger partial charge in [0.2, 0.25) is 6.41 Å². The van der Waals surface area contributed by atoms with Gasteiger partial charge >= 0.3 is 0 Å². The molecule has 1 amide bonds. The molecule has 2 N–H and O–H groups in total. The molecule has 0 radical (unpaired) electrons. The Bertz CT molecular complexity index is 604. The van der Waals surface area contributed by atoms with E-state index in [2.05, 4.69) is 4.99 Å². The van der Waals surface area contributed by atoms with E-state index in [0.29, 0.717) is 12.3 Å². The van der Waals surface area contributed by atoms with Crippen LogP contribution in [0.15, 0.2) is 23.2 Å².